The molecule has 0 radical (unpaired) electrons. The molecule has 26 heavy (non-hydrogen) atoms. The van der Waals surface area contributed by atoms with Gasteiger partial charge in [0.2, 0.25) is 0 Å². The molecule has 0 saturated carbocycles. The van der Waals surface area contributed by atoms with Gasteiger partial charge in [-0.2, -0.15) is 0 Å². The van der Waals surface area contributed by atoms with E-state index in [4.69, 9.17) is 14.2 Å². The fourth-order valence-corrected chi connectivity index (χ4v) is 3.94. The van der Waals surface area contributed by atoms with Gasteiger partial charge in [0.1, 0.15) is 12.2 Å². The Morgan fingerprint density at radius 3 is 2.81 bits per heavy atom. The Bertz CT molecular complexity index is 720. The molecule has 0 unspecified atom stereocenters. The minimum absolute atomic E-state index is 0.281. The first-order valence-corrected chi connectivity index (χ1v) is 8.94. The third kappa shape index (κ3) is 3.12. The zero-order valence-corrected chi connectivity index (χ0v) is 15.7. The summed E-state index contributed by atoms with van der Waals surface area (Å²) in [6.07, 6.45) is 3.48. The second-order valence-corrected chi connectivity index (χ2v) is 7.73. The van der Waals surface area contributed by atoms with Crippen LogP contribution in [0.3, 0.4) is 0 Å². The van der Waals surface area contributed by atoms with Crippen LogP contribution in [0.25, 0.3) is 0 Å². The molecule has 142 valence electrons. The maximum Gasteiger partial charge on any atom is 0.334 e. The van der Waals surface area contributed by atoms with Crippen LogP contribution in [-0.4, -0.2) is 40.6 Å². The summed E-state index contributed by atoms with van der Waals surface area (Å²) >= 11 is 0. The molecule has 3 rings (SSSR count). The molecule has 0 aromatic rings. The van der Waals surface area contributed by atoms with Crippen LogP contribution < -0.4 is 0 Å². The molecule has 0 aliphatic carbocycles. The molecule has 3 aliphatic rings. The van der Waals surface area contributed by atoms with Gasteiger partial charge in [0.15, 0.2) is 5.79 Å². The number of rotatable bonds is 2. The lowest BCUT2D eigenvalue weighted by molar-refractivity contribution is -0.202. The molecule has 6 nitrogen and oxygen atoms in total. The lowest BCUT2D eigenvalue weighted by atomic mass is 9.82. The van der Waals surface area contributed by atoms with Crippen LogP contribution in [0.2, 0.25) is 0 Å². The lowest BCUT2D eigenvalue weighted by Crippen LogP contribution is -2.40. The Kier molecular flexibility index (Phi) is 4.61. The van der Waals surface area contributed by atoms with Crippen LogP contribution in [0.5, 0.6) is 0 Å². The molecular weight excluding hydrogens is 336 g/mol. The molecule has 2 fully saturated rings. The predicted octanol–water partition coefficient (Wildman–Crippen LogP) is 2.57. The largest absolute Gasteiger partial charge is 0.458 e. The van der Waals surface area contributed by atoms with Crippen molar-refractivity contribution >= 4 is 11.9 Å². The Labute approximate surface area is 153 Å². The number of aliphatic hydroxyl groups is 1. The fraction of sp³-hybridized carbons (Fsp3) is 0.600. The maximum atomic E-state index is 12.4. The van der Waals surface area contributed by atoms with Crippen LogP contribution >= 0.6 is 0 Å². The minimum Gasteiger partial charge on any atom is -0.458 e. The zero-order valence-electron chi connectivity index (χ0n) is 15.7. The molecule has 0 aromatic carbocycles. The third-order valence-electron chi connectivity index (χ3n) is 5.75. The molecule has 0 amide bonds. The second kappa shape index (κ2) is 6.35. The highest BCUT2D eigenvalue weighted by atomic mass is 16.6. The van der Waals surface area contributed by atoms with Gasteiger partial charge in [0, 0.05) is 24.0 Å². The van der Waals surface area contributed by atoms with E-state index in [2.05, 4.69) is 6.58 Å². The number of hydrogen-bond acceptors (Lipinski definition) is 6. The monoisotopic (exact) mass is 362 g/mol. The Hall–Kier alpha value is -1.92. The zero-order chi connectivity index (χ0) is 19.3. The first-order chi connectivity index (χ1) is 12.1. The van der Waals surface area contributed by atoms with E-state index in [9.17, 15) is 14.7 Å². The number of fused-ring (bicyclic) bond motifs is 3. The summed E-state index contributed by atoms with van der Waals surface area (Å²) in [5.74, 6) is -2.85. The van der Waals surface area contributed by atoms with E-state index in [0.717, 1.165) is 0 Å². The third-order valence-corrected chi connectivity index (χ3v) is 5.75. The maximum absolute atomic E-state index is 12.4. The van der Waals surface area contributed by atoms with E-state index in [1.165, 1.54) is 0 Å². The van der Waals surface area contributed by atoms with Crippen LogP contribution in [-0.2, 0) is 23.8 Å². The standard InChI is InChI=1S/C20H26O6/c1-6-11(2)17(21)25-15-10-19(5)7-8-20(23,26-19)12(3)9-14-16(15)13(4)18(22)24-14/h6,9,14-16,23H,4,7-8,10H2,1-3,5H3/b11-6-,12-9-/t14-,15+,16-,19-,20+/m0/s1. The molecule has 3 heterocycles. The predicted molar refractivity (Wildman–Crippen MR) is 93.9 cm³/mol. The topological polar surface area (TPSA) is 82.1 Å². The van der Waals surface area contributed by atoms with Crippen molar-refractivity contribution in [2.45, 2.75) is 70.6 Å². The molecule has 1 N–H and O–H groups in total. The van der Waals surface area contributed by atoms with Crippen LogP contribution in [0.4, 0.5) is 0 Å². The first-order valence-electron chi connectivity index (χ1n) is 8.94. The molecule has 3 aliphatic heterocycles. The Morgan fingerprint density at radius 2 is 2.15 bits per heavy atom. The molecule has 5 atom stereocenters. The Morgan fingerprint density at radius 1 is 1.46 bits per heavy atom. The summed E-state index contributed by atoms with van der Waals surface area (Å²) in [5, 5.41) is 10.9. The van der Waals surface area contributed by atoms with Crippen LogP contribution in [0.1, 0.15) is 47.0 Å². The highest BCUT2D eigenvalue weighted by Crippen LogP contribution is 2.47. The average molecular weight is 362 g/mol. The molecule has 6 heteroatoms. The van der Waals surface area contributed by atoms with Crippen LogP contribution in [0.15, 0.2) is 35.5 Å². The van der Waals surface area contributed by atoms with Gasteiger partial charge in [-0.15, -0.1) is 0 Å². The first kappa shape index (κ1) is 18.9. The Balaban J connectivity index is 2.03. The summed E-state index contributed by atoms with van der Waals surface area (Å²) in [6.45, 7) is 10.9. The van der Waals surface area contributed by atoms with Gasteiger partial charge in [0.25, 0.3) is 0 Å². The molecular formula is C20H26O6. The van der Waals surface area contributed by atoms with Crippen molar-refractivity contribution in [3.63, 3.8) is 0 Å². The van der Waals surface area contributed by atoms with Gasteiger partial charge in [-0.25, -0.2) is 9.59 Å². The number of ether oxygens (including phenoxy) is 3. The van der Waals surface area contributed by atoms with Crippen LogP contribution in [0, 0.1) is 5.92 Å². The van der Waals surface area contributed by atoms with Gasteiger partial charge in [0.05, 0.1) is 11.5 Å². The van der Waals surface area contributed by atoms with Crippen molar-refractivity contribution in [1.29, 1.82) is 0 Å². The van der Waals surface area contributed by atoms with E-state index < -0.39 is 41.5 Å². The van der Waals surface area contributed by atoms with Crippen molar-refractivity contribution < 1.29 is 28.9 Å². The number of esters is 2. The molecule has 2 saturated heterocycles. The average Bonchev–Trinajstić information content (AvgIpc) is 3.03. The van der Waals surface area contributed by atoms with E-state index in [0.29, 0.717) is 30.4 Å². The van der Waals surface area contributed by atoms with Gasteiger partial charge in [-0.05, 0) is 45.8 Å². The van der Waals surface area contributed by atoms with E-state index in [1.54, 1.807) is 32.9 Å². The van der Waals surface area contributed by atoms with E-state index in [-0.39, 0.29) is 5.57 Å². The summed E-state index contributed by atoms with van der Waals surface area (Å²) in [6, 6.07) is 0. The highest BCUT2D eigenvalue weighted by molar-refractivity contribution is 5.92. The minimum atomic E-state index is -1.40. The number of allylic oxidation sites excluding steroid dienone is 1. The van der Waals surface area contributed by atoms with Crippen molar-refractivity contribution in [2.75, 3.05) is 0 Å². The van der Waals surface area contributed by atoms with Gasteiger partial charge in [-0.3, -0.25) is 0 Å². The number of carbonyl (C=O) groups is 2. The smallest absolute Gasteiger partial charge is 0.334 e. The molecule has 0 aromatic heterocycles. The van der Waals surface area contributed by atoms with Crippen molar-refractivity contribution in [3.8, 4) is 0 Å². The van der Waals surface area contributed by atoms with Gasteiger partial charge >= 0.3 is 11.9 Å². The highest BCUT2D eigenvalue weighted by Gasteiger charge is 2.54. The van der Waals surface area contributed by atoms with E-state index >= 15 is 0 Å². The number of hydrogen-bond donors (Lipinski definition) is 1. The van der Waals surface area contributed by atoms with E-state index in [1.807, 2.05) is 6.92 Å². The lowest BCUT2D eigenvalue weighted by Gasteiger charge is -2.33. The van der Waals surface area contributed by atoms with Crippen molar-refractivity contribution in [3.05, 3.63) is 35.5 Å². The van der Waals surface area contributed by atoms with Gasteiger partial charge in [-0.1, -0.05) is 12.7 Å². The summed E-state index contributed by atoms with van der Waals surface area (Å²) in [5.41, 5.74) is 0.677. The van der Waals surface area contributed by atoms with Gasteiger partial charge < -0.3 is 19.3 Å². The normalized spacial score (nSPS) is 42.1. The fourth-order valence-electron chi connectivity index (χ4n) is 3.94. The molecule has 0 spiro atoms. The SMILES string of the molecule is C=C1C(=O)O[C@H]2/C=C(/C)[C@@]3(O)CC[C@@](C)(C[C@@H](OC(=O)/C(C)=C\C)[C@@H]12)O3. The van der Waals surface area contributed by atoms with Crippen molar-refractivity contribution in [1.82, 2.24) is 0 Å². The number of carbonyl (C=O) groups excluding carboxylic acids is 2. The molecule has 2 bridgehead atoms. The summed E-state index contributed by atoms with van der Waals surface area (Å²) in [7, 11) is 0. The van der Waals surface area contributed by atoms with Crippen molar-refractivity contribution in [2.24, 2.45) is 5.92 Å². The second-order valence-electron chi connectivity index (χ2n) is 7.73. The summed E-state index contributed by atoms with van der Waals surface area (Å²) < 4.78 is 17.2. The summed E-state index contributed by atoms with van der Waals surface area (Å²) in [4.78, 5) is 24.5. The quantitative estimate of drug-likeness (QED) is 0.462.